The molecule has 0 atom stereocenters. The molecule has 2 N–H and O–H groups in total. The molecule has 212 valence electrons. The Labute approximate surface area is 244 Å². The number of nitrogens with zero attached hydrogens (tertiary/aromatic N) is 3. The van der Waals surface area contributed by atoms with Gasteiger partial charge < -0.3 is 20.1 Å². The largest absolute Gasteiger partial charge is 0.350 e. The summed E-state index contributed by atoms with van der Waals surface area (Å²) < 4.78 is 0. The highest BCUT2D eigenvalue weighted by molar-refractivity contribution is 6.21. The zero-order valence-electron chi connectivity index (χ0n) is 23.7. The van der Waals surface area contributed by atoms with Crippen molar-refractivity contribution in [3.8, 4) is 0 Å². The average molecular weight is 560 g/mol. The number of benzene rings is 3. The lowest BCUT2D eigenvalue weighted by Gasteiger charge is -2.37. The minimum atomic E-state index is -0.279. The van der Waals surface area contributed by atoms with E-state index in [2.05, 4.69) is 53.0 Å². The van der Waals surface area contributed by atoms with Crippen molar-refractivity contribution in [1.82, 2.24) is 14.8 Å². The third-order valence-corrected chi connectivity index (χ3v) is 8.91. The number of hydrogen-bond donors (Lipinski definition) is 2. The van der Waals surface area contributed by atoms with E-state index < -0.39 is 0 Å². The summed E-state index contributed by atoms with van der Waals surface area (Å²) in [6, 6.07) is 21.6. The second kappa shape index (κ2) is 10.2. The van der Waals surface area contributed by atoms with E-state index >= 15 is 0 Å². The highest BCUT2D eigenvalue weighted by Crippen LogP contribution is 2.39. The number of hydrogen-bond acceptors (Lipinski definition) is 5. The first-order valence-corrected chi connectivity index (χ1v) is 14.7. The van der Waals surface area contributed by atoms with Crippen LogP contribution in [0.25, 0.3) is 10.9 Å². The predicted molar refractivity (Wildman–Crippen MR) is 164 cm³/mol. The van der Waals surface area contributed by atoms with Gasteiger partial charge in [-0.1, -0.05) is 43.8 Å². The number of aromatic nitrogens is 1. The van der Waals surface area contributed by atoms with Gasteiger partial charge in [-0.25, -0.2) is 0 Å². The van der Waals surface area contributed by atoms with Gasteiger partial charge >= 0.3 is 0 Å². The summed E-state index contributed by atoms with van der Waals surface area (Å²) >= 11 is 0. The SMILES string of the molecule is C=C1Nc2ccccc2N1C1CCN(C(=O)c2[nH]c3ccc(CC)cc3c2CCN2C(=O)c3ccccc3C2=O)CC1. The number of carbonyl (C=O) groups is 3. The molecule has 7 rings (SSSR count). The molecule has 0 aliphatic carbocycles. The van der Waals surface area contributed by atoms with Crippen molar-refractivity contribution < 1.29 is 14.4 Å². The van der Waals surface area contributed by atoms with Gasteiger partial charge in [0.15, 0.2) is 0 Å². The Hall–Kier alpha value is -4.85. The number of imide groups is 1. The summed E-state index contributed by atoms with van der Waals surface area (Å²) in [5.41, 5.74) is 6.53. The van der Waals surface area contributed by atoms with Crippen LogP contribution in [-0.4, -0.2) is 58.2 Å². The van der Waals surface area contributed by atoms with Gasteiger partial charge in [0.1, 0.15) is 11.5 Å². The highest BCUT2D eigenvalue weighted by atomic mass is 16.2. The standard InChI is InChI=1S/C34H33N5O3/c1-3-22-12-13-28-27(20-22)24(16-19-38-32(40)25-8-4-5-9-26(25)33(38)41)31(36-28)34(42)37-17-14-23(15-18-37)39-21(2)35-29-10-6-7-11-30(29)39/h4-13,20,23,35-36H,2-3,14-19H2,1H3. The van der Waals surface area contributed by atoms with Crippen LogP contribution < -0.4 is 10.2 Å². The number of piperidine rings is 1. The number of aryl methyl sites for hydroxylation is 1. The second-order valence-electron chi connectivity index (χ2n) is 11.3. The molecular formula is C34H33N5O3. The molecule has 0 spiro atoms. The number of anilines is 2. The molecule has 3 aliphatic rings. The number of H-pyrrole nitrogens is 1. The van der Waals surface area contributed by atoms with Gasteiger partial charge in [0.05, 0.1) is 22.5 Å². The molecule has 42 heavy (non-hydrogen) atoms. The van der Waals surface area contributed by atoms with Crippen molar-refractivity contribution in [3.05, 3.63) is 107 Å². The molecule has 8 nitrogen and oxygen atoms in total. The number of nitrogens with one attached hydrogen (secondary N) is 2. The minimum absolute atomic E-state index is 0.0427. The summed E-state index contributed by atoms with van der Waals surface area (Å²) in [4.78, 5) is 49.0. The first-order chi connectivity index (χ1) is 20.4. The fourth-order valence-corrected chi connectivity index (χ4v) is 6.68. The number of carbonyl (C=O) groups excluding carboxylic acids is 3. The molecule has 1 fully saturated rings. The van der Waals surface area contributed by atoms with Crippen LogP contribution in [0.2, 0.25) is 0 Å². The number of aromatic amines is 1. The molecule has 8 heteroatoms. The monoisotopic (exact) mass is 559 g/mol. The number of likely N-dealkylation sites (tertiary alicyclic amines) is 1. The van der Waals surface area contributed by atoms with E-state index in [4.69, 9.17) is 0 Å². The van der Waals surface area contributed by atoms with E-state index in [0.717, 1.165) is 52.9 Å². The average Bonchev–Trinajstić information content (AvgIpc) is 3.64. The van der Waals surface area contributed by atoms with E-state index in [9.17, 15) is 14.4 Å². The Morgan fingerprint density at radius 1 is 0.952 bits per heavy atom. The molecule has 3 aliphatic heterocycles. The van der Waals surface area contributed by atoms with Gasteiger partial charge in [-0.05, 0) is 73.2 Å². The van der Waals surface area contributed by atoms with Crippen molar-refractivity contribution in [2.75, 3.05) is 29.9 Å². The van der Waals surface area contributed by atoms with Crippen LogP contribution in [0.5, 0.6) is 0 Å². The summed E-state index contributed by atoms with van der Waals surface area (Å²) in [7, 11) is 0. The highest BCUT2D eigenvalue weighted by Gasteiger charge is 2.36. The number of rotatable bonds is 6. The van der Waals surface area contributed by atoms with Gasteiger partial charge in [0.2, 0.25) is 0 Å². The molecular weight excluding hydrogens is 526 g/mol. The Morgan fingerprint density at radius 3 is 2.36 bits per heavy atom. The maximum absolute atomic E-state index is 14.0. The zero-order chi connectivity index (χ0) is 29.0. The second-order valence-corrected chi connectivity index (χ2v) is 11.3. The van der Waals surface area contributed by atoms with Gasteiger partial charge in [0, 0.05) is 36.6 Å². The summed E-state index contributed by atoms with van der Waals surface area (Å²) in [5, 5.41) is 4.35. The maximum atomic E-state index is 14.0. The quantitative estimate of drug-likeness (QED) is 0.301. The fraction of sp³-hybridized carbons (Fsp3) is 0.265. The molecule has 3 amide bonds. The van der Waals surface area contributed by atoms with Gasteiger partial charge in [0.25, 0.3) is 17.7 Å². The Bertz CT molecular complexity index is 1730. The summed E-state index contributed by atoms with van der Waals surface area (Å²) in [6.07, 6.45) is 2.92. The third-order valence-electron chi connectivity index (χ3n) is 8.91. The molecule has 0 bridgehead atoms. The van der Waals surface area contributed by atoms with Crippen LogP contribution in [0.3, 0.4) is 0 Å². The van der Waals surface area contributed by atoms with Crippen LogP contribution in [0.15, 0.2) is 79.1 Å². The Morgan fingerprint density at radius 2 is 1.64 bits per heavy atom. The van der Waals surface area contributed by atoms with Crippen LogP contribution in [-0.2, 0) is 12.8 Å². The van der Waals surface area contributed by atoms with E-state index in [1.54, 1.807) is 24.3 Å². The molecule has 0 unspecified atom stereocenters. The van der Waals surface area contributed by atoms with Crippen molar-refractivity contribution in [3.63, 3.8) is 0 Å². The molecule has 0 saturated carbocycles. The number of para-hydroxylation sites is 2. The van der Waals surface area contributed by atoms with Gasteiger partial charge in [-0.2, -0.15) is 0 Å². The zero-order valence-corrected chi connectivity index (χ0v) is 23.7. The van der Waals surface area contributed by atoms with Crippen molar-refractivity contribution in [2.45, 2.75) is 38.6 Å². The van der Waals surface area contributed by atoms with E-state index in [1.807, 2.05) is 23.1 Å². The van der Waals surface area contributed by atoms with E-state index in [-0.39, 0.29) is 30.3 Å². The Balaban J connectivity index is 1.13. The summed E-state index contributed by atoms with van der Waals surface area (Å²) in [5.74, 6) is 0.274. The van der Waals surface area contributed by atoms with Crippen molar-refractivity contribution in [1.29, 1.82) is 0 Å². The first kappa shape index (κ1) is 26.1. The van der Waals surface area contributed by atoms with Crippen LogP contribution >= 0.6 is 0 Å². The van der Waals surface area contributed by atoms with Gasteiger partial charge in [-0.15, -0.1) is 0 Å². The first-order valence-electron chi connectivity index (χ1n) is 14.7. The van der Waals surface area contributed by atoms with Crippen LogP contribution in [0, 0.1) is 0 Å². The van der Waals surface area contributed by atoms with Gasteiger partial charge in [-0.3, -0.25) is 19.3 Å². The molecule has 0 radical (unpaired) electrons. The van der Waals surface area contributed by atoms with Crippen molar-refractivity contribution >= 4 is 40.0 Å². The number of fused-ring (bicyclic) bond motifs is 3. The lowest BCUT2D eigenvalue weighted by Crippen LogP contribution is -2.46. The number of amides is 3. The fourth-order valence-electron chi connectivity index (χ4n) is 6.68. The topological polar surface area (TPSA) is 88.8 Å². The molecule has 4 heterocycles. The lowest BCUT2D eigenvalue weighted by atomic mass is 10.0. The van der Waals surface area contributed by atoms with Crippen LogP contribution in [0.1, 0.15) is 62.1 Å². The minimum Gasteiger partial charge on any atom is -0.350 e. The smallest absolute Gasteiger partial charge is 0.270 e. The normalized spacial score (nSPS) is 16.8. The molecule has 1 saturated heterocycles. The molecule has 3 aromatic carbocycles. The van der Waals surface area contributed by atoms with Crippen molar-refractivity contribution in [2.24, 2.45) is 0 Å². The summed E-state index contributed by atoms with van der Waals surface area (Å²) in [6.45, 7) is 7.80. The molecule has 4 aromatic rings. The molecule has 1 aromatic heterocycles. The maximum Gasteiger partial charge on any atom is 0.270 e. The lowest BCUT2D eigenvalue weighted by molar-refractivity contribution is 0.0656. The van der Waals surface area contributed by atoms with E-state index in [1.165, 1.54) is 10.5 Å². The Kier molecular flexibility index (Phi) is 6.34. The third kappa shape index (κ3) is 4.17. The van der Waals surface area contributed by atoms with Crippen LogP contribution in [0.4, 0.5) is 11.4 Å². The van der Waals surface area contributed by atoms with E-state index in [0.29, 0.717) is 36.3 Å². The predicted octanol–water partition coefficient (Wildman–Crippen LogP) is 5.58.